The summed E-state index contributed by atoms with van der Waals surface area (Å²) in [5, 5.41) is 19.1. The van der Waals surface area contributed by atoms with Crippen LogP contribution in [-0.4, -0.2) is 10.9 Å². The summed E-state index contributed by atoms with van der Waals surface area (Å²) in [4.78, 5) is 15.2. The lowest BCUT2D eigenvalue weighted by atomic mass is 9.64. The van der Waals surface area contributed by atoms with Gasteiger partial charge in [-0.15, -0.1) is 0 Å². The lowest BCUT2D eigenvalue weighted by Gasteiger charge is -2.38. The van der Waals surface area contributed by atoms with E-state index in [-0.39, 0.29) is 39.9 Å². The Bertz CT molecular complexity index is 430. The van der Waals surface area contributed by atoms with Gasteiger partial charge in [-0.2, -0.15) is 0 Å². The molecule has 1 rings (SSSR count). The van der Waals surface area contributed by atoms with E-state index in [4.69, 9.17) is 5.39 Å². The molecule has 0 radical (unpaired) electrons. The summed E-state index contributed by atoms with van der Waals surface area (Å²) in [5.41, 5.74) is -0.553. The minimum Gasteiger partial charge on any atom is -0.505 e. The number of hydrogen-bond donors (Lipinski definition) is 1. The van der Waals surface area contributed by atoms with Crippen LogP contribution in [0.15, 0.2) is 11.5 Å². The summed E-state index contributed by atoms with van der Waals surface area (Å²) in [5.74, 6) is -0.729. The number of carbonyl (C=O) groups is 1. The summed E-state index contributed by atoms with van der Waals surface area (Å²) < 4.78 is 0. The topological polar surface area (TPSA) is 65.5 Å². The fourth-order valence-corrected chi connectivity index (χ4v) is 2.52. The number of ketones is 1. The number of aliphatic hydroxyl groups excluding tert-OH is 1. The number of rotatable bonds is 0. The highest BCUT2D eigenvalue weighted by Gasteiger charge is 2.51. The summed E-state index contributed by atoms with van der Waals surface area (Å²) in [6, 6.07) is 0. The van der Waals surface area contributed by atoms with Crippen LogP contribution in [0.4, 0.5) is 0 Å². The van der Waals surface area contributed by atoms with Gasteiger partial charge in [-0.05, 0) is 17.3 Å². The molecule has 0 unspecified atom stereocenters. The molecule has 0 heterocycles. The second-order valence-electron chi connectivity index (χ2n) is 7.27. The van der Waals surface area contributed by atoms with Crippen LogP contribution in [0.25, 0.3) is 4.98 Å². The average molecular weight is 251 g/mol. The average Bonchev–Trinajstić information content (AvgIpc) is 2.14. The first-order valence-corrected chi connectivity index (χ1v) is 6.32. The molecule has 0 amide bonds. The van der Waals surface area contributed by atoms with Crippen molar-refractivity contribution in [3.05, 3.63) is 16.4 Å². The van der Waals surface area contributed by atoms with Crippen molar-refractivity contribution in [2.24, 2.45) is 22.7 Å². The maximum atomic E-state index is 12.2. The third kappa shape index (κ3) is 2.55. The van der Waals surface area contributed by atoms with E-state index < -0.39 is 0 Å². The van der Waals surface area contributed by atoms with Crippen LogP contribution in [-0.2, 0) is 4.79 Å². The van der Waals surface area contributed by atoms with E-state index in [9.17, 15) is 9.90 Å². The maximum Gasteiger partial charge on any atom is 0.464 e. The Kier molecular flexibility index (Phi) is 3.58. The minimum atomic E-state index is -0.261. The third-order valence-electron chi connectivity index (χ3n) is 3.78. The number of carbonyl (C=O) groups excluding carboxylic acids is 1. The number of diazo groups is 1. The summed E-state index contributed by atoms with van der Waals surface area (Å²) in [6.45, 7) is 12.0. The Morgan fingerprint density at radius 3 is 1.89 bits per heavy atom. The fraction of sp³-hybridized carbons (Fsp3) is 0.786. The first-order chi connectivity index (χ1) is 8.00. The zero-order valence-corrected chi connectivity index (χ0v) is 12.1. The van der Waals surface area contributed by atoms with Crippen LogP contribution in [0, 0.1) is 28.1 Å². The van der Waals surface area contributed by atoms with Gasteiger partial charge < -0.3 is 5.11 Å². The highest BCUT2D eigenvalue weighted by atomic mass is 16.3. The molecule has 0 aromatic heterocycles. The standard InChI is InChI=1S/C14H22N2O2/c1-13(2,3)8-7-9(14(4,5)6)12(18)10(16-15)11(8)17/h8-9H,7H2,1-6H3/p+1/t8-,9+. The lowest BCUT2D eigenvalue weighted by molar-refractivity contribution is -0.124. The largest absolute Gasteiger partial charge is 0.505 e. The van der Waals surface area contributed by atoms with E-state index in [1.165, 1.54) is 0 Å². The van der Waals surface area contributed by atoms with Gasteiger partial charge in [-0.1, -0.05) is 41.5 Å². The van der Waals surface area contributed by atoms with Gasteiger partial charge in [0.2, 0.25) is 5.39 Å². The number of Topliss-reactive ketones (excluding diaryl/α,β-unsaturated/α-hetero) is 1. The molecule has 0 aromatic carbocycles. The molecule has 0 saturated heterocycles. The minimum absolute atomic E-state index is 0.0736. The molecular formula is C14H23N2O2+. The van der Waals surface area contributed by atoms with E-state index in [1.54, 1.807) is 0 Å². The van der Waals surface area contributed by atoms with E-state index in [1.807, 2.05) is 41.5 Å². The van der Waals surface area contributed by atoms with Crippen molar-refractivity contribution < 1.29 is 9.90 Å². The zero-order valence-electron chi connectivity index (χ0n) is 12.1. The zero-order chi connectivity index (χ0) is 14.3. The molecule has 0 aromatic rings. The molecule has 4 heteroatoms. The molecule has 0 bridgehead atoms. The van der Waals surface area contributed by atoms with Gasteiger partial charge in [0, 0.05) is 11.8 Å². The van der Waals surface area contributed by atoms with Gasteiger partial charge in [0.05, 0.1) is 0 Å². The quantitative estimate of drug-likeness (QED) is 0.664. The van der Waals surface area contributed by atoms with Crippen LogP contribution < -0.4 is 0 Å². The molecule has 100 valence electrons. The van der Waals surface area contributed by atoms with Crippen LogP contribution in [0.2, 0.25) is 0 Å². The summed E-state index contributed by atoms with van der Waals surface area (Å²) in [6.07, 6.45) is 0.594. The number of allylic oxidation sites excluding steroid dienone is 2. The Morgan fingerprint density at radius 2 is 1.56 bits per heavy atom. The Balaban J connectivity index is 3.33. The maximum absolute atomic E-state index is 12.2. The second kappa shape index (κ2) is 4.38. The monoisotopic (exact) mass is 251 g/mol. The van der Waals surface area contributed by atoms with Crippen LogP contribution >= 0.6 is 0 Å². The first kappa shape index (κ1) is 14.7. The van der Waals surface area contributed by atoms with Crippen molar-refractivity contribution in [2.45, 2.75) is 48.0 Å². The number of nitrogens with zero attached hydrogens (tertiary/aromatic N) is 2. The molecular weight excluding hydrogens is 228 g/mol. The molecule has 1 N–H and O–H groups in total. The van der Waals surface area contributed by atoms with Gasteiger partial charge >= 0.3 is 5.70 Å². The van der Waals surface area contributed by atoms with Crippen molar-refractivity contribution in [3.63, 3.8) is 0 Å². The van der Waals surface area contributed by atoms with E-state index >= 15 is 0 Å². The molecule has 2 atom stereocenters. The molecule has 1 aliphatic carbocycles. The van der Waals surface area contributed by atoms with E-state index in [0.717, 1.165) is 0 Å². The number of aliphatic hydroxyl groups is 1. The van der Waals surface area contributed by atoms with Gasteiger partial charge in [-0.3, -0.25) is 4.79 Å². The Morgan fingerprint density at radius 1 is 1.11 bits per heavy atom. The lowest BCUT2D eigenvalue weighted by Crippen LogP contribution is -2.39. The first-order valence-electron chi connectivity index (χ1n) is 6.32. The molecule has 0 fully saturated rings. The normalized spacial score (nSPS) is 26.2. The SMILES string of the molecule is CC(C)(C)[C@@H]1C[C@H](C(C)(C)C)C(=O)C([N+]#N)=C1O. The molecule has 0 saturated carbocycles. The highest BCUT2D eigenvalue weighted by Crippen LogP contribution is 2.46. The van der Waals surface area contributed by atoms with Crippen molar-refractivity contribution in [2.75, 3.05) is 0 Å². The molecule has 0 aliphatic heterocycles. The molecule has 4 nitrogen and oxygen atoms in total. The summed E-state index contributed by atoms with van der Waals surface area (Å²) >= 11 is 0. The third-order valence-corrected chi connectivity index (χ3v) is 3.78. The van der Waals surface area contributed by atoms with Crippen molar-refractivity contribution in [1.29, 1.82) is 5.39 Å². The van der Waals surface area contributed by atoms with Gasteiger partial charge in [0.1, 0.15) is 0 Å². The van der Waals surface area contributed by atoms with Crippen LogP contribution in [0.3, 0.4) is 0 Å². The predicted molar refractivity (Wildman–Crippen MR) is 70.3 cm³/mol. The highest BCUT2D eigenvalue weighted by molar-refractivity contribution is 6.00. The molecule has 0 spiro atoms. The van der Waals surface area contributed by atoms with Crippen LogP contribution in [0.5, 0.6) is 0 Å². The van der Waals surface area contributed by atoms with E-state index in [0.29, 0.717) is 6.42 Å². The van der Waals surface area contributed by atoms with Crippen molar-refractivity contribution in [1.82, 2.24) is 0 Å². The van der Waals surface area contributed by atoms with Gasteiger partial charge in [0.15, 0.2) is 10.7 Å². The Labute approximate surface area is 109 Å². The van der Waals surface area contributed by atoms with Gasteiger partial charge in [0.25, 0.3) is 5.78 Å². The predicted octanol–water partition coefficient (Wildman–Crippen LogP) is 3.91. The van der Waals surface area contributed by atoms with Gasteiger partial charge in [-0.25, -0.2) is 0 Å². The van der Waals surface area contributed by atoms with Crippen molar-refractivity contribution in [3.8, 4) is 0 Å². The molecule has 18 heavy (non-hydrogen) atoms. The van der Waals surface area contributed by atoms with E-state index in [2.05, 4.69) is 4.98 Å². The van der Waals surface area contributed by atoms with Crippen molar-refractivity contribution >= 4 is 5.78 Å². The smallest absolute Gasteiger partial charge is 0.464 e. The fourth-order valence-electron chi connectivity index (χ4n) is 2.52. The summed E-state index contributed by atoms with van der Waals surface area (Å²) in [7, 11) is 0. The second-order valence-corrected chi connectivity index (χ2v) is 7.27. The number of hydrogen-bond acceptors (Lipinski definition) is 3. The molecule has 1 aliphatic rings. The Hall–Kier alpha value is -1.37. The van der Waals surface area contributed by atoms with Crippen LogP contribution in [0.1, 0.15) is 48.0 Å².